The minimum Gasteiger partial charge on any atom is -0.457 e. The highest BCUT2D eigenvalue weighted by Crippen LogP contribution is 2.24. The van der Waals surface area contributed by atoms with Gasteiger partial charge < -0.3 is 15.4 Å². The first-order valence-corrected chi connectivity index (χ1v) is 7.81. The van der Waals surface area contributed by atoms with E-state index in [1.807, 2.05) is 0 Å². The van der Waals surface area contributed by atoms with E-state index in [0.717, 1.165) is 25.0 Å². The van der Waals surface area contributed by atoms with Crippen LogP contribution in [0.1, 0.15) is 23.2 Å². The summed E-state index contributed by atoms with van der Waals surface area (Å²) in [4.78, 5) is 14.2. The molecule has 0 aromatic heterocycles. The van der Waals surface area contributed by atoms with E-state index in [9.17, 15) is 13.6 Å². The Morgan fingerprint density at radius 1 is 1.00 bits per heavy atom. The minimum absolute atomic E-state index is 0.0405. The second-order valence-electron chi connectivity index (χ2n) is 5.83. The van der Waals surface area contributed by atoms with Crippen molar-refractivity contribution in [3.63, 3.8) is 0 Å². The highest BCUT2D eigenvalue weighted by molar-refractivity contribution is 5.94. The van der Waals surface area contributed by atoms with E-state index < -0.39 is 11.6 Å². The van der Waals surface area contributed by atoms with Gasteiger partial charge in [-0.25, -0.2) is 8.78 Å². The topological polar surface area (TPSA) is 55.6 Å². The summed E-state index contributed by atoms with van der Waals surface area (Å²) >= 11 is 0. The Labute approximate surface area is 138 Å². The highest BCUT2D eigenvalue weighted by Gasteiger charge is 2.21. The van der Waals surface area contributed by atoms with Crippen LogP contribution in [0.5, 0.6) is 11.5 Å². The van der Waals surface area contributed by atoms with E-state index in [-0.39, 0.29) is 17.7 Å². The molecule has 0 radical (unpaired) electrons. The molecule has 2 aromatic rings. The summed E-state index contributed by atoms with van der Waals surface area (Å²) in [6.45, 7) is 1.32. The number of hydrogen-bond donors (Lipinski definition) is 1. The number of hydrogen-bond acceptors (Lipinski definition) is 3. The standard InChI is InChI=1S/C18H18F2N2O2/c19-16-6-5-15(11-17(16)20)24-14-3-1-12(2-4-14)18(23)22-9-7-13(21)8-10-22/h1-6,11,13H,7-10,21H2. The molecule has 0 unspecified atom stereocenters. The Kier molecular flexibility index (Phi) is 4.76. The molecular formula is C18H18F2N2O2. The van der Waals surface area contributed by atoms with E-state index in [1.165, 1.54) is 6.07 Å². The quantitative estimate of drug-likeness (QED) is 0.938. The predicted molar refractivity (Wildman–Crippen MR) is 86.0 cm³/mol. The largest absolute Gasteiger partial charge is 0.457 e. The van der Waals surface area contributed by atoms with Crippen LogP contribution in [0.25, 0.3) is 0 Å². The third-order valence-corrected chi connectivity index (χ3v) is 4.05. The molecule has 1 amide bonds. The molecule has 2 aromatic carbocycles. The number of likely N-dealkylation sites (tertiary alicyclic amines) is 1. The van der Waals surface area contributed by atoms with Gasteiger partial charge in [-0.1, -0.05) is 0 Å². The number of nitrogens with two attached hydrogens (primary N) is 1. The van der Waals surface area contributed by atoms with Gasteiger partial charge in [-0.15, -0.1) is 0 Å². The van der Waals surface area contributed by atoms with Crippen molar-refractivity contribution in [2.75, 3.05) is 13.1 Å². The Morgan fingerprint density at radius 3 is 2.25 bits per heavy atom. The lowest BCUT2D eigenvalue weighted by Gasteiger charge is -2.30. The van der Waals surface area contributed by atoms with Gasteiger partial charge in [0.15, 0.2) is 11.6 Å². The molecule has 0 saturated carbocycles. The second kappa shape index (κ2) is 6.97. The number of rotatable bonds is 3. The van der Waals surface area contributed by atoms with Gasteiger partial charge in [0.05, 0.1) is 0 Å². The van der Waals surface area contributed by atoms with Crippen LogP contribution in [0, 0.1) is 11.6 Å². The number of benzene rings is 2. The molecule has 0 atom stereocenters. The van der Waals surface area contributed by atoms with Gasteiger partial charge in [-0.3, -0.25) is 4.79 Å². The zero-order valence-corrected chi connectivity index (χ0v) is 13.0. The van der Waals surface area contributed by atoms with Gasteiger partial charge in [-0.05, 0) is 49.2 Å². The summed E-state index contributed by atoms with van der Waals surface area (Å²) in [6, 6.07) is 10.1. The minimum atomic E-state index is -0.970. The van der Waals surface area contributed by atoms with Gasteiger partial charge in [0.1, 0.15) is 11.5 Å². The third kappa shape index (κ3) is 3.71. The van der Waals surface area contributed by atoms with E-state index in [0.29, 0.717) is 24.4 Å². The molecular weight excluding hydrogens is 314 g/mol. The second-order valence-corrected chi connectivity index (χ2v) is 5.83. The van der Waals surface area contributed by atoms with Crippen LogP contribution in [-0.4, -0.2) is 29.9 Å². The summed E-state index contributed by atoms with van der Waals surface area (Å²) in [5.41, 5.74) is 6.40. The first kappa shape index (κ1) is 16.4. The first-order valence-electron chi connectivity index (χ1n) is 7.81. The van der Waals surface area contributed by atoms with Gasteiger partial charge in [0.25, 0.3) is 5.91 Å². The van der Waals surface area contributed by atoms with Crippen LogP contribution in [-0.2, 0) is 0 Å². The van der Waals surface area contributed by atoms with Crippen LogP contribution in [0.15, 0.2) is 42.5 Å². The van der Waals surface area contributed by atoms with E-state index in [2.05, 4.69) is 0 Å². The van der Waals surface area contributed by atoms with Gasteiger partial charge in [-0.2, -0.15) is 0 Å². The molecule has 1 aliphatic rings. The number of ether oxygens (including phenoxy) is 1. The predicted octanol–water partition coefficient (Wildman–Crippen LogP) is 3.32. The van der Waals surface area contributed by atoms with Gasteiger partial charge in [0, 0.05) is 30.8 Å². The number of carbonyl (C=O) groups excluding carboxylic acids is 1. The zero-order valence-electron chi connectivity index (χ0n) is 13.0. The van der Waals surface area contributed by atoms with Crippen LogP contribution in [0.4, 0.5) is 8.78 Å². The number of carbonyl (C=O) groups is 1. The lowest BCUT2D eigenvalue weighted by molar-refractivity contribution is 0.0714. The molecule has 24 heavy (non-hydrogen) atoms. The van der Waals surface area contributed by atoms with E-state index in [1.54, 1.807) is 29.2 Å². The maximum absolute atomic E-state index is 13.2. The van der Waals surface area contributed by atoms with Crippen molar-refractivity contribution in [2.24, 2.45) is 5.73 Å². The summed E-state index contributed by atoms with van der Waals surface area (Å²) < 4.78 is 31.5. The number of amides is 1. The summed E-state index contributed by atoms with van der Waals surface area (Å²) in [5, 5.41) is 0. The average molecular weight is 332 g/mol. The summed E-state index contributed by atoms with van der Waals surface area (Å²) in [5.74, 6) is -1.30. The molecule has 4 nitrogen and oxygen atoms in total. The fraction of sp³-hybridized carbons (Fsp3) is 0.278. The Hall–Kier alpha value is -2.47. The number of nitrogens with zero attached hydrogens (tertiary/aromatic N) is 1. The molecule has 1 saturated heterocycles. The Morgan fingerprint density at radius 2 is 1.62 bits per heavy atom. The molecule has 1 heterocycles. The van der Waals surface area contributed by atoms with Gasteiger partial charge >= 0.3 is 0 Å². The molecule has 0 spiro atoms. The molecule has 0 aliphatic carbocycles. The van der Waals surface area contributed by atoms with E-state index in [4.69, 9.17) is 10.5 Å². The lowest BCUT2D eigenvalue weighted by atomic mass is 10.0. The number of halogens is 2. The highest BCUT2D eigenvalue weighted by atomic mass is 19.2. The Balaban J connectivity index is 1.66. The third-order valence-electron chi connectivity index (χ3n) is 4.05. The van der Waals surface area contributed by atoms with Crippen LogP contribution in [0.3, 0.4) is 0 Å². The maximum atomic E-state index is 13.2. The first-order chi connectivity index (χ1) is 11.5. The van der Waals surface area contributed by atoms with E-state index >= 15 is 0 Å². The van der Waals surface area contributed by atoms with Crippen molar-refractivity contribution >= 4 is 5.91 Å². The SMILES string of the molecule is NC1CCN(C(=O)c2ccc(Oc3ccc(F)c(F)c3)cc2)CC1. The van der Waals surface area contributed by atoms with Crippen molar-refractivity contribution in [1.82, 2.24) is 4.90 Å². The lowest BCUT2D eigenvalue weighted by Crippen LogP contribution is -2.42. The molecule has 1 aliphatic heterocycles. The maximum Gasteiger partial charge on any atom is 0.253 e. The van der Waals surface area contributed by atoms with Crippen molar-refractivity contribution in [3.05, 3.63) is 59.7 Å². The number of piperidine rings is 1. The summed E-state index contributed by atoms with van der Waals surface area (Å²) in [7, 11) is 0. The zero-order chi connectivity index (χ0) is 17.1. The van der Waals surface area contributed by atoms with Crippen molar-refractivity contribution in [1.29, 1.82) is 0 Å². The molecule has 126 valence electrons. The van der Waals surface area contributed by atoms with Gasteiger partial charge in [0.2, 0.25) is 0 Å². The van der Waals surface area contributed by atoms with Crippen LogP contribution < -0.4 is 10.5 Å². The molecule has 3 rings (SSSR count). The fourth-order valence-corrected chi connectivity index (χ4v) is 2.63. The normalized spacial score (nSPS) is 15.4. The smallest absolute Gasteiger partial charge is 0.253 e. The summed E-state index contributed by atoms with van der Waals surface area (Å²) in [6.07, 6.45) is 1.62. The molecule has 1 fully saturated rings. The molecule has 0 bridgehead atoms. The molecule has 2 N–H and O–H groups in total. The van der Waals surface area contributed by atoms with Crippen LogP contribution in [0.2, 0.25) is 0 Å². The van der Waals surface area contributed by atoms with Crippen molar-refractivity contribution in [2.45, 2.75) is 18.9 Å². The van der Waals surface area contributed by atoms with Crippen molar-refractivity contribution in [3.8, 4) is 11.5 Å². The average Bonchev–Trinajstić information content (AvgIpc) is 2.59. The van der Waals surface area contributed by atoms with Crippen molar-refractivity contribution < 1.29 is 18.3 Å². The van der Waals surface area contributed by atoms with Crippen LogP contribution >= 0.6 is 0 Å². The molecule has 6 heteroatoms. The fourth-order valence-electron chi connectivity index (χ4n) is 2.63. The monoisotopic (exact) mass is 332 g/mol. The Bertz CT molecular complexity index is 726.